The number of aromatic amines is 1. The van der Waals surface area contributed by atoms with Crippen LogP contribution in [-0.2, 0) is 0 Å². The van der Waals surface area contributed by atoms with Crippen LogP contribution in [0.2, 0.25) is 0 Å². The number of fused-ring (bicyclic) bond motifs is 1. The van der Waals surface area contributed by atoms with E-state index in [1.807, 2.05) is 0 Å². The number of carboxylic acid groups (broad SMARTS) is 1. The Labute approximate surface area is 91.9 Å². The van der Waals surface area contributed by atoms with Crippen molar-refractivity contribution in [3.63, 3.8) is 0 Å². The molecule has 4 nitrogen and oxygen atoms in total. The third-order valence-corrected chi connectivity index (χ3v) is 2.17. The highest BCUT2D eigenvalue weighted by atomic mass is 16.5. The van der Waals surface area contributed by atoms with Crippen LogP contribution in [0.25, 0.3) is 10.9 Å². The fraction of sp³-hybridized carbons (Fsp3) is 0.0833. The van der Waals surface area contributed by atoms with Crippen molar-refractivity contribution in [2.24, 2.45) is 0 Å². The zero-order valence-electron chi connectivity index (χ0n) is 8.36. The first kappa shape index (κ1) is 10.1. The maximum atomic E-state index is 10.8. The fourth-order valence-electron chi connectivity index (χ4n) is 1.49. The van der Waals surface area contributed by atoms with Gasteiger partial charge >= 0.3 is 5.97 Å². The number of ether oxygens (including phenoxy) is 1. The second-order valence-corrected chi connectivity index (χ2v) is 3.20. The van der Waals surface area contributed by atoms with Crippen LogP contribution in [0, 0.1) is 12.3 Å². The van der Waals surface area contributed by atoms with Gasteiger partial charge in [0.25, 0.3) is 0 Å². The Kier molecular flexibility index (Phi) is 2.52. The van der Waals surface area contributed by atoms with Gasteiger partial charge in [0.05, 0.1) is 0 Å². The molecule has 2 rings (SSSR count). The third kappa shape index (κ3) is 1.71. The van der Waals surface area contributed by atoms with E-state index >= 15 is 0 Å². The van der Waals surface area contributed by atoms with Crippen LogP contribution in [-0.4, -0.2) is 22.7 Å². The van der Waals surface area contributed by atoms with Crippen molar-refractivity contribution in [3.05, 3.63) is 30.0 Å². The predicted molar refractivity (Wildman–Crippen MR) is 59.6 cm³/mol. The Hall–Kier alpha value is -2.41. The molecule has 0 saturated carbocycles. The highest BCUT2D eigenvalue weighted by Gasteiger charge is 2.10. The van der Waals surface area contributed by atoms with Crippen molar-refractivity contribution in [2.45, 2.75) is 0 Å². The second-order valence-electron chi connectivity index (χ2n) is 3.20. The average Bonchev–Trinajstić information content (AvgIpc) is 2.70. The Bertz CT molecular complexity index is 577. The Balaban J connectivity index is 2.50. The monoisotopic (exact) mass is 215 g/mol. The van der Waals surface area contributed by atoms with Crippen molar-refractivity contribution >= 4 is 16.9 Å². The molecule has 0 aliphatic heterocycles. The highest BCUT2D eigenvalue weighted by Crippen LogP contribution is 2.26. The summed E-state index contributed by atoms with van der Waals surface area (Å²) in [6.45, 7) is 0.159. The van der Waals surface area contributed by atoms with Gasteiger partial charge in [-0.3, -0.25) is 0 Å². The maximum Gasteiger partial charge on any atom is 0.352 e. The molecule has 0 unspecified atom stereocenters. The predicted octanol–water partition coefficient (Wildman–Crippen LogP) is 1.88. The number of benzene rings is 1. The van der Waals surface area contributed by atoms with Crippen LogP contribution in [0.5, 0.6) is 5.75 Å². The van der Waals surface area contributed by atoms with Gasteiger partial charge in [-0.15, -0.1) is 6.42 Å². The first-order valence-electron chi connectivity index (χ1n) is 4.63. The van der Waals surface area contributed by atoms with Gasteiger partial charge in [-0.25, -0.2) is 4.79 Å². The number of rotatable bonds is 3. The molecule has 0 saturated heterocycles. The molecule has 80 valence electrons. The minimum Gasteiger partial charge on any atom is -0.480 e. The van der Waals surface area contributed by atoms with Crippen LogP contribution < -0.4 is 4.74 Å². The third-order valence-electron chi connectivity index (χ3n) is 2.17. The van der Waals surface area contributed by atoms with Crippen molar-refractivity contribution in [2.75, 3.05) is 6.61 Å². The number of aromatic nitrogens is 1. The van der Waals surface area contributed by atoms with Gasteiger partial charge in [0, 0.05) is 10.9 Å². The standard InChI is InChI=1S/C12H9NO3/c1-2-6-16-11-5-3-4-9-8(11)7-10(13-9)12(14)15/h1,3-5,7,13H,6H2,(H,14,15). The van der Waals surface area contributed by atoms with E-state index in [4.69, 9.17) is 16.3 Å². The van der Waals surface area contributed by atoms with E-state index in [0.29, 0.717) is 11.3 Å². The number of carbonyl (C=O) groups is 1. The molecule has 0 aliphatic carbocycles. The lowest BCUT2D eigenvalue weighted by molar-refractivity contribution is 0.0691. The molecule has 16 heavy (non-hydrogen) atoms. The summed E-state index contributed by atoms with van der Waals surface area (Å²) in [5.41, 5.74) is 0.846. The van der Waals surface area contributed by atoms with Crippen LogP contribution in [0.3, 0.4) is 0 Å². The zero-order valence-corrected chi connectivity index (χ0v) is 8.36. The van der Waals surface area contributed by atoms with Gasteiger partial charge < -0.3 is 14.8 Å². The number of H-pyrrole nitrogens is 1. The summed E-state index contributed by atoms with van der Waals surface area (Å²) < 4.78 is 5.31. The Morgan fingerprint density at radius 3 is 3.06 bits per heavy atom. The van der Waals surface area contributed by atoms with Crippen molar-refractivity contribution in [3.8, 4) is 18.1 Å². The molecular formula is C12H9NO3. The molecule has 1 aromatic carbocycles. The number of aromatic carboxylic acids is 1. The van der Waals surface area contributed by atoms with Crippen molar-refractivity contribution in [1.82, 2.24) is 4.98 Å². The van der Waals surface area contributed by atoms with E-state index in [1.54, 1.807) is 18.2 Å². The van der Waals surface area contributed by atoms with Crippen molar-refractivity contribution < 1.29 is 14.6 Å². The summed E-state index contributed by atoms with van der Waals surface area (Å²) in [6, 6.07) is 6.84. The lowest BCUT2D eigenvalue weighted by Crippen LogP contribution is -1.94. The first-order valence-corrected chi connectivity index (χ1v) is 4.63. The second kappa shape index (κ2) is 3.99. The molecular weight excluding hydrogens is 206 g/mol. The number of hydrogen-bond acceptors (Lipinski definition) is 2. The number of carboxylic acids is 1. The van der Waals surface area contributed by atoms with Gasteiger partial charge in [-0.05, 0) is 18.2 Å². The zero-order chi connectivity index (χ0) is 11.5. The summed E-state index contributed by atoms with van der Waals surface area (Å²) in [5.74, 6) is 1.94. The quantitative estimate of drug-likeness (QED) is 0.768. The lowest BCUT2D eigenvalue weighted by Gasteiger charge is -2.02. The molecule has 0 spiro atoms. The molecule has 1 aromatic heterocycles. The molecule has 0 fully saturated rings. The van der Waals surface area contributed by atoms with E-state index in [9.17, 15) is 4.79 Å². The molecule has 0 amide bonds. The summed E-state index contributed by atoms with van der Waals surface area (Å²) in [4.78, 5) is 13.6. The Morgan fingerprint density at radius 1 is 1.56 bits per heavy atom. The van der Waals surface area contributed by atoms with Crippen LogP contribution in [0.1, 0.15) is 10.5 Å². The maximum absolute atomic E-state index is 10.8. The number of nitrogens with one attached hydrogen (secondary N) is 1. The van der Waals surface area contributed by atoms with E-state index in [1.165, 1.54) is 6.07 Å². The molecule has 4 heteroatoms. The smallest absolute Gasteiger partial charge is 0.352 e. The normalized spacial score (nSPS) is 9.94. The fourth-order valence-corrected chi connectivity index (χ4v) is 1.49. The molecule has 0 atom stereocenters. The van der Waals surface area contributed by atoms with E-state index in [0.717, 1.165) is 5.39 Å². The van der Waals surface area contributed by atoms with Gasteiger partial charge in [-0.1, -0.05) is 12.0 Å². The van der Waals surface area contributed by atoms with Crippen LogP contribution in [0.4, 0.5) is 0 Å². The Morgan fingerprint density at radius 2 is 2.38 bits per heavy atom. The van der Waals surface area contributed by atoms with E-state index in [-0.39, 0.29) is 12.3 Å². The number of hydrogen-bond donors (Lipinski definition) is 2. The molecule has 1 heterocycles. The van der Waals surface area contributed by atoms with Gasteiger partial charge in [0.2, 0.25) is 0 Å². The first-order chi connectivity index (χ1) is 7.72. The van der Waals surface area contributed by atoms with E-state index in [2.05, 4.69) is 10.9 Å². The molecule has 0 aliphatic rings. The largest absolute Gasteiger partial charge is 0.480 e. The summed E-state index contributed by atoms with van der Waals surface area (Å²) in [7, 11) is 0. The highest BCUT2D eigenvalue weighted by molar-refractivity contribution is 5.96. The minimum atomic E-state index is -1.00. The van der Waals surface area contributed by atoms with Gasteiger partial charge in [-0.2, -0.15) is 0 Å². The summed E-state index contributed by atoms with van der Waals surface area (Å²) in [5, 5.41) is 9.57. The van der Waals surface area contributed by atoms with Gasteiger partial charge in [0.1, 0.15) is 18.1 Å². The lowest BCUT2D eigenvalue weighted by atomic mass is 10.2. The molecule has 0 radical (unpaired) electrons. The topological polar surface area (TPSA) is 62.3 Å². The summed E-state index contributed by atoms with van der Waals surface area (Å²) in [6.07, 6.45) is 5.10. The van der Waals surface area contributed by atoms with E-state index < -0.39 is 5.97 Å². The van der Waals surface area contributed by atoms with Crippen molar-refractivity contribution in [1.29, 1.82) is 0 Å². The molecule has 2 N–H and O–H groups in total. The summed E-state index contributed by atoms with van der Waals surface area (Å²) >= 11 is 0. The molecule has 2 aromatic rings. The van der Waals surface area contributed by atoms with Crippen LogP contribution >= 0.6 is 0 Å². The number of terminal acetylenes is 1. The minimum absolute atomic E-state index is 0.131. The average molecular weight is 215 g/mol. The molecule has 0 bridgehead atoms. The van der Waals surface area contributed by atoms with Crippen LogP contribution in [0.15, 0.2) is 24.3 Å². The van der Waals surface area contributed by atoms with Gasteiger partial charge in [0.15, 0.2) is 0 Å². The SMILES string of the molecule is C#CCOc1cccc2[nH]c(C(=O)O)cc12.